The number of hydrogen-bond donors (Lipinski definition) is 1. The zero-order valence-corrected chi connectivity index (χ0v) is 11.3. The molecule has 1 aromatic heterocycles. The van der Waals surface area contributed by atoms with Crippen molar-refractivity contribution in [3.05, 3.63) is 12.4 Å². The van der Waals surface area contributed by atoms with Gasteiger partial charge in [0, 0.05) is 25.7 Å². The van der Waals surface area contributed by atoms with Crippen LogP contribution in [-0.2, 0) is 9.53 Å². The van der Waals surface area contributed by atoms with Crippen molar-refractivity contribution in [2.75, 3.05) is 37.0 Å². The van der Waals surface area contributed by atoms with Crippen molar-refractivity contribution >= 4 is 17.6 Å². The van der Waals surface area contributed by atoms with E-state index >= 15 is 0 Å². The zero-order valence-electron chi connectivity index (χ0n) is 11.3. The lowest BCUT2D eigenvalue weighted by Gasteiger charge is -2.27. The molecule has 2 heterocycles. The number of anilines is 2. The second kappa shape index (κ2) is 6.92. The molecule has 1 aliphatic rings. The molecule has 1 aromatic rings. The number of carbonyl (C=O) groups excluding carboxylic acids is 1. The van der Waals surface area contributed by atoms with Crippen LogP contribution in [0.3, 0.4) is 0 Å². The Hall–Kier alpha value is -1.85. The fraction of sp³-hybridized carbons (Fsp3) is 0.615. The Morgan fingerprint density at radius 2 is 2.16 bits per heavy atom. The fourth-order valence-corrected chi connectivity index (χ4v) is 2.13. The molecule has 0 bridgehead atoms. The van der Waals surface area contributed by atoms with Crippen molar-refractivity contribution in [2.24, 2.45) is 0 Å². The highest BCUT2D eigenvalue weighted by molar-refractivity contribution is 5.69. The van der Waals surface area contributed by atoms with E-state index in [0.29, 0.717) is 13.0 Å². The predicted molar refractivity (Wildman–Crippen MR) is 73.2 cm³/mol. The minimum absolute atomic E-state index is 0.224. The fourth-order valence-electron chi connectivity index (χ4n) is 2.13. The summed E-state index contributed by atoms with van der Waals surface area (Å²) in [7, 11) is 1.39. The van der Waals surface area contributed by atoms with Gasteiger partial charge in [-0.2, -0.15) is 0 Å². The standard InChI is InChI=1S/C13H20N4O2/c1-19-13(18)5-6-14-11-9-12(16-10-15-11)17-7-3-2-4-8-17/h9-10H,2-8H2,1H3,(H,14,15,16). The van der Waals surface area contributed by atoms with E-state index in [-0.39, 0.29) is 5.97 Å². The monoisotopic (exact) mass is 264 g/mol. The first-order valence-electron chi connectivity index (χ1n) is 6.67. The van der Waals surface area contributed by atoms with Gasteiger partial charge >= 0.3 is 5.97 Å². The summed E-state index contributed by atoms with van der Waals surface area (Å²) in [6.07, 6.45) is 5.62. The quantitative estimate of drug-likeness (QED) is 0.812. The number of methoxy groups -OCH3 is 1. The maximum absolute atomic E-state index is 11.0. The van der Waals surface area contributed by atoms with Crippen LogP contribution in [0.2, 0.25) is 0 Å². The van der Waals surface area contributed by atoms with Gasteiger partial charge in [0.25, 0.3) is 0 Å². The molecule has 104 valence electrons. The highest BCUT2D eigenvalue weighted by Crippen LogP contribution is 2.18. The Bertz CT molecular complexity index is 419. The van der Waals surface area contributed by atoms with Gasteiger partial charge in [0.2, 0.25) is 0 Å². The molecule has 0 unspecified atom stereocenters. The Balaban J connectivity index is 1.89. The Morgan fingerprint density at radius 1 is 1.37 bits per heavy atom. The van der Waals surface area contributed by atoms with E-state index in [1.807, 2.05) is 6.07 Å². The van der Waals surface area contributed by atoms with Gasteiger partial charge in [0.1, 0.15) is 18.0 Å². The molecule has 6 heteroatoms. The molecule has 0 spiro atoms. The van der Waals surface area contributed by atoms with E-state index in [0.717, 1.165) is 24.7 Å². The summed E-state index contributed by atoms with van der Waals surface area (Å²) in [4.78, 5) is 21.7. The number of hydrogen-bond acceptors (Lipinski definition) is 6. The first kappa shape index (κ1) is 13.6. The number of ether oxygens (including phenoxy) is 1. The summed E-state index contributed by atoms with van der Waals surface area (Å²) in [5.41, 5.74) is 0. The summed E-state index contributed by atoms with van der Waals surface area (Å²) in [5.74, 6) is 1.48. The largest absolute Gasteiger partial charge is 0.469 e. The van der Waals surface area contributed by atoms with Crippen LogP contribution in [0.15, 0.2) is 12.4 Å². The number of aromatic nitrogens is 2. The van der Waals surface area contributed by atoms with E-state index in [9.17, 15) is 4.79 Å². The third-order valence-corrected chi connectivity index (χ3v) is 3.20. The number of esters is 1. The molecule has 1 N–H and O–H groups in total. The van der Waals surface area contributed by atoms with Crippen LogP contribution in [-0.4, -0.2) is 42.7 Å². The van der Waals surface area contributed by atoms with Crippen LogP contribution in [0.1, 0.15) is 25.7 Å². The minimum atomic E-state index is -0.224. The highest BCUT2D eigenvalue weighted by Gasteiger charge is 2.12. The molecular weight excluding hydrogens is 244 g/mol. The first-order valence-corrected chi connectivity index (χ1v) is 6.67. The normalized spacial score (nSPS) is 15.1. The molecule has 0 amide bonds. The molecule has 1 fully saturated rings. The number of carbonyl (C=O) groups is 1. The van der Waals surface area contributed by atoms with E-state index in [4.69, 9.17) is 0 Å². The van der Waals surface area contributed by atoms with Gasteiger partial charge in [-0.25, -0.2) is 9.97 Å². The van der Waals surface area contributed by atoms with E-state index < -0.39 is 0 Å². The van der Waals surface area contributed by atoms with E-state index in [2.05, 4.69) is 24.9 Å². The predicted octanol–water partition coefficient (Wildman–Crippen LogP) is 1.44. The van der Waals surface area contributed by atoms with Gasteiger partial charge in [-0.15, -0.1) is 0 Å². The molecule has 0 aliphatic carbocycles. The van der Waals surface area contributed by atoms with Gasteiger partial charge in [0.05, 0.1) is 13.5 Å². The summed E-state index contributed by atoms with van der Waals surface area (Å²) in [6, 6.07) is 1.93. The van der Waals surface area contributed by atoms with Gasteiger partial charge in [-0.1, -0.05) is 0 Å². The maximum Gasteiger partial charge on any atom is 0.307 e. The lowest BCUT2D eigenvalue weighted by Crippen LogP contribution is -2.30. The number of rotatable bonds is 5. The molecule has 0 radical (unpaired) electrons. The summed E-state index contributed by atoms with van der Waals surface area (Å²) in [5, 5.41) is 3.11. The highest BCUT2D eigenvalue weighted by atomic mass is 16.5. The SMILES string of the molecule is COC(=O)CCNc1cc(N2CCCCC2)ncn1. The third-order valence-electron chi connectivity index (χ3n) is 3.20. The van der Waals surface area contributed by atoms with Gasteiger partial charge in [0.15, 0.2) is 0 Å². The van der Waals surface area contributed by atoms with Crippen molar-refractivity contribution in [2.45, 2.75) is 25.7 Å². The number of nitrogens with one attached hydrogen (secondary N) is 1. The van der Waals surface area contributed by atoms with Crippen molar-refractivity contribution in [1.82, 2.24) is 9.97 Å². The van der Waals surface area contributed by atoms with Crippen molar-refractivity contribution in [3.63, 3.8) is 0 Å². The second-order valence-corrected chi connectivity index (χ2v) is 4.56. The summed E-state index contributed by atoms with van der Waals surface area (Å²) >= 11 is 0. The molecule has 1 saturated heterocycles. The van der Waals surface area contributed by atoms with Crippen LogP contribution >= 0.6 is 0 Å². The maximum atomic E-state index is 11.0. The van der Waals surface area contributed by atoms with Crippen LogP contribution in [0.5, 0.6) is 0 Å². The Morgan fingerprint density at radius 3 is 2.89 bits per heavy atom. The molecule has 0 atom stereocenters. The molecule has 0 saturated carbocycles. The van der Waals surface area contributed by atoms with Gasteiger partial charge in [-0.3, -0.25) is 4.79 Å². The van der Waals surface area contributed by atoms with Gasteiger partial charge in [-0.05, 0) is 19.3 Å². The van der Waals surface area contributed by atoms with Crippen LogP contribution in [0, 0.1) is 0 Å². The lowest BCUT2D eigenvalue weighted by molar-refractivity contribution is -0.140. The zero-order chi connectivity index (χ0) is 13.5. The topological polar surface area (TPSA) is 67.3 Å². The molecule has 6 nitrogen and oxygen atoms in total. The van der Waals surface area contributed by atoms with Crippen LogP contribution < -0.4 is 10.2 Å². The molecule has 2 rings (SSSR count). The Labute approximate surface area is 113 Å². The first-order chi connectivity index (χ1) is 9.29. The van der Waals surface area contributed by atoms with Crippen LogP contribution in [0.25, 0.3) is 0 Å². The van der Waals surface area contributed by atoms with E-state index in [1.165, 1.54) is 26.4 Å². The Kier molecular flexibility index (Phi) is 4.94. The summed E-state index contributed by atoms with van der Waals surface area (Å²) in [6.45, 7) is 2.63. The van der Waals surface area contributed by atoms with Crippen molar-refractivity contribution in [3.8, 4) is 0 Å². The second-order valence-electron chi connectivity index (χ2n) is 4.56. The molecule has 19 heavy (non-hydrogen) atoms. The van der Waals surface area contributed by atoms with Crippen LogP contribution in [0.4, 0.5) is 11.6 Å². The molecular formula is C13H20N4O2. The molecule has 1 aliphatic heterocycles. The van der Waals surface area contributed by atoms with E-state index in [1.54, 1.807) is 6.33 Å². The summed E-state index contributed by atoms with van der Waals surface area (Å²) < 4.78 is 4.59. The van der Waals surface area contributed by atoms with Crippen molar-refractivity contribution in [1.29, 1.82) is 0 Å². The number of piperidine rings is 1. The van der Waals surface area contributed by atoms with Crippen molar-refractivity contribution < 1.29 is 9.53 Å². The van der Waals surface area contributed by atoms with Gasteiger partial charge < -0.3 is 15.0 Å². The average Bonchev–Trinajstić information content (AvgIpc) is 2.48. The lowest BCUT2D eigenvalue weighted by atomic mass is 10.1. The third kappa shape index (κ3) is 4.08. The minimum Gasteiger partial charge on any atom is -0.469 e. The average molecular weight is 264 g/mol. The molecule has 0 aromatic carbocycles. The number of nitrogens with zero attached hydrogens (tertiary/aromatic N) is 3. The smallest absolute Gasteiger partial charge is 0.307 e.